The van der Waals surface area contributed by atoms with Crippen LogP contribution in [-0.4, -0.2) is 16.6 Å². The van der Waals surface area contributed by atoms with Gasteiger partial charge in [0.1, 0.15) is 0 Å². The number of nitrogens with zero attached hydrogens (tertiary/aromatic N) is 2. The Morgan fingerprint density at radius 3 is 2.62 bits per heavy atom. The van der Waals surface area contributed by atoms with Crippen LogP contribution in [0.5, 0.6) is 5.88 Å². The summed E-state index contributed by atoms with van der Waals surface area (Å²) in [6.07, 6.45) is 1.78. The largest absolute Gasteiger partial charge is 0.477 e. The fourth-order valence-corrected chi connectivity index (χ4v) is 1.05. The molecule has 0 aliphatic heterocycles. The molecule has 0 amide bonds. The van der Waals surface area contributed by atoms with Crippen molar-refractivity contribution in [3.63, 3.8) is 0 Å². The molecule has 1 aromatic heterocycles. The van der Waals surface area contributed by atoms with E-state index in [1.807, 2.05) is 13.8 Å². The first-order valence-corrected chi connectivity index (χ1v) is 4.61. The van der Waals surface area contributed by atoms with Crippen LogP contribution in [0.3, 0.4) is 0 Å². The van der Waals surface area contributed by atoms with Crippen molar-refractivity contribution in [2.45, 2.75) is 33.6 Å². The van der Waals surface area contributed by atoms with Crippen molar-refractivity contribution in [1.82, 2.24) is 9.97 Å². The average molecular weight is 180 g/mol. The Labute approximate surface area is 79.2 Å². The van der Waals surface area contributed by atoms with E-state index in [0.717, 1.165) is 11.4 Å². The standard InChI is InChI=1S/C10H16N2O/c1-5-13-10-8(4)12-9(6-11-10)7(2)3/h6-7H,5H2,1-4H3. The molecule has 13 heavy (non-hydrogen) atoms. The highest BCUT2D eigenvalue weighted by Crippen LogP contribution is 2.16. The van der Waals surface area contributed by atoms with Crippen LogP contribution < -0.4 is 4.74 Å². The van der Waals surface area contributed by atoms with Gasteiger partial charge in [0.25, 0.3) is 0 Å². The summed E-state index contributed by atoms with van der Waals surface area (Å²) in [5.74, 6) is 1.06. The molecule has 0 atom stereocenters. The second-order valence-electron chi connectivity index (χ2n) is 3.27. The van der Waals surface area contributed by atoms with Crippen LogP contribution in [0.1, 0.15) is 38.1 Å². The van der Waals surface area contributed by atoms with E-state index >= 15 is 0 Å². The Morgan fingerprint density at radius 1 is 1.46 bits per heavy atom. The highest BCUT2D eigenvalue weighted by molar-refractivity contribution is 5.19. The van der Waals surface area contributed by atoms with Crippen molar-refractivity contribution in [3.8, 4) is 5.88 Å². The van der Waals surface area contributed by atoms with Crippen molar-refractivity contribution in [3.05, 3.63) is 17.6 Å². The molecule has 0 bridgehead atoms. The van der Waals surface area contributed by atoms with Gasteiger partial charge in [0.2, 0.25) is 5.88 Å². The van der Waals surface area contributed by atoms with Gasteiger partial charge in [-0.15, -0.1) is 0 Å². The Morgan fingerprint density at radius 2 is 2.15 bits per heavy atom. The Kier molecular flexibility index (Phi) is 3.23. The van der Waals surface area contributed by atoms with Crippen molar-refractivity contribution < 1.29 is 4.74 Å². The van der Waals surface area contributed by atoms with Crippen LogP contribution in [-0.2, 0) is 0 Å². The average Bonchev–Trinajstić information content (AvgIpc) is 2.08. The molecular weight excluding hydrogens is 164 g/mol. The fourth-order valence-electron chi connectivity index (χ4n) is 1.05. The summed E-state index contributed by atoms with van der Waals surface area (Å²) in [7, 11) is 0. The predicted octanol–water partition coefficient (Wildman–Crippen LogP) is 2.31. The maximum Gasteiger partial charge on any atom is 0.235 e. The lowest BCUT2D eigenvalue weighted by Gasteiger charge is -2.08. The van der Waals surface area contributed by atoms with Crippen LogP contribution in [0, 0.1) is 6.92 Å². The molecule has 0 aliphatic carbocycles. The molecule has 1 rings (SSSR count). The molecule has 0 radical (unpaired) electrons. The third-order valence-corrected chi connectivity index (χ3v) is 1.79. The van der Waals surface area contributed by atoms with Gasteiger partial charge in [0.05, 0.1) is 24.2 Å². The zero-order chi connectivity index (χ0) is 9.84. The summed E-state index contributed by atoms with van der Waals surface area (Å²) in [4.78, 5) is 8.61. The van der Waals surface area contributed by atoms with E-state index in [9.17, 15) is 0 Å². The number of hydrogen-bond donors (Lipinski definition) is 0. The second-order valence-corrected chi connectivity index (χ2v) is 3.27. The first kappa shape index (κ1) is 9.96. The molecule has 3 heteroatoms. The number of ether oxygens (including phenoxy) is 1. The minimum atomic E-state index is 0.418. The lowest BCUT2D eigenvalue weighted by atomic mass is 10.1. The van der Waals surface area contributed by atoms with E-state index in [4.69, 9.17) is 4.74 Å². The van der Waals surface area contributed by atoms with Gasteiger partial charge in [-0.05, 0) is 19.8 Å². The predicted molar refractivity (Wildman–Crippen MR) is 52.0 cm³/mol. The topological polar surface area (TPSA) is 35.0 Å². The lowest BCUT2D eigenvalue weighted by Crippen LogP contribution is -2.02. The highest BCUT2D eigenvalue weighted by Gasteiger charge is 2.06. The first-order chi connectivity index (χ1) is 6.15. The molecule has 0 fully saturated rings. The smallest absolute Gasteiger partial charge is 0.235 e. The van der Waals surface area contributed by atoms with Crippen molar-refractivity contribution in [2.24, 2.45) is 0 Å². The molecule has 1 aromatic rings. The van der Waals surface area contributed by atoms with Gasteiger partial charge in [-0.25, -0.2) is 4.98 Å². The van der Waals surface area contributed by atoms with Gasteiger partial charge in [-0.2, -0.15) is 0 Å². The third-order valence-electron chi connectivity index (χ3n) is 1.79. The SMILES string of the molecule is CCOc1ncc(C(C)C)nc1C. The minimum absolute atomic E-state index is 0.418. The second kappa shape index (κ2) is 4.21. The summed E-state index contributed by atoms with van der Waals surface area (Å²) in [6, 6.07) is 0. The van der Waals surface area contributed by atoms with E-state index in [2.05, 4.69) is 23.8 Å². The summed E-state index contributed by atoms with van der Waals surface area (Å²) in [6.45, 7) is 8.70. The molecule has 0 unspecified atom stereocenters. The van der Waals surface area contributed by atoms with E-state index < -0.39 is 0 Å². The molecule has 1 heterocycles. The summed E-state index contributed by atoms with van der Waals surface area (Å²) >= 11 is 0. The van der Waals surface area contributed by atoms with Crippen molar-refractivity contribution >= 4 is 0 Å². The van der Waals surface area contributed by atoms with Crippen LogP contribution in [0.4, 0.5) is 0 Å². The molecule has 0 N–H and O–H groups in total. The Balaban J connectivity index is 2.92. The Bertz CT molecular complexity index is 284. The van der Waals surface area contributed by atoms with Gasteiger partial charge in [-0.3, -0.25) is 4.98 Å². The Hall–Kier alpha value is -1.12. The summed E-state index contributed by atoms with van der Waals surface area (Å²) in [5.41, 5.74) is 1.88. The monoisotopic (exact) mass is 180 g/mol. The van der Waals surface area contributed by atoms with Gasteiger partial charge < -0.3 is 4.74 Å². The summed E-state index contributed by atoms with van der Waals surface area (Å²) in [5, 5.41) is 0. The van der Waals surface area contributed by atoms with Crippen LogP contribution in [0.15, 0.2) is 6.20 Å². The molecule has 0 saturated carbocycles. The number of aromatic nitrogens is 2. The van der Waals surface area contributed by atoms with Gasteiger partial charge in [-0.1, -0.05) is 13.8 Å². The molecule has 0 spiro atoms. The van der Waals surface area contributed by atoms with Crippen LogP contribution >= 0.6 is 0 Å². The number of hydrogen-bond acceptors (Lipinski definition) is 3. The first-order valence-electron chi connectivity index (χ1n) is 4.61. The van der Waals surface area contributed by atoms with Gasteiger partial charge in [0.15, 0.2) is 0 Å². The van der Waals surface area contributed by atoms with Crippen molar-refractivity contribution in [2.75, 3.05) is 6.61 Å². The molecular formula is C10H16N2O. The minimum Gasteiger partial charge on any atom is -0.477 e. The zero-order valence-electron chi connectivity index (χ0n) is 8.66. The fraction of sp³-hybridized carbons (Fsp3) is 0.600. The highest BCUT2D eigenvalue weighted by atomic mass is 16.5. The third kappa shape index (κ3) is 2.41. The maximum atomic E-state index is 5.30. The maximum absolute atomic E-state index is 5.30. The molecule has 3 nitrogen and oxygen atoms in total. The van der Waals surface area contributed by atoms with Crippen molar-refractivity contribution in [1.29, 1.82) is 0 Å². The number of aryl methyl sites for hydroxylation is 1. The zero-order valence-corrected chi connectivity index (χ0v) is 8.66. The van der Waals surface area contributed by atoms with Gasteiger partial charge in [0, 0.05) is 0 Å². The lowest BCUT2D eigenvalue weighted by molar-refractivity contribution is 0.321. The summed E-state index contributed by atoms with van der Waals surface area (Å²) < 4.78 is 5.30. The quantitative estimate of drug-likeness (QED) is 0.716. The molecule has 0 aliphatic rings. The normalized spacial score (nSPS) is 10.5. The van der Waals surface area contributed by atoms with Crippen LogP contribution in [0.25, 0.3) is 0 Å². The molecule has 0 aromatic carbocycles. The van der Waals surface area contributed by atoms with E-state index in [-0.39, 0.29) is 0 Å². The van der Waals surface area contributed by atoms with Crippen LogP contribution in [0.2, 0.25) is 0 Å². The van der Waals surface area contributed by atoms with E-state index in [1.165, 1.54) is 0 Å². The van der Waals surface area contributed by atoms with E-state index in [0.29, 0.717) is 18.4 Å². The number of rotatable bonds is 3. The van der Waals surface area contributed by atoms with E-state index in [1.54, 1.807) is 6.20 Å². The molecule has 0 saturated heterocycles. The molecule has 72 valence electrons. The van der Waals surface area contributed by atoms with Gasteiger partial charge >= 0.3 is 0 Å².